The van der Waals surface area contributed by atoms with Gasteiger partial charge < -0.3 is 9.88 Å². The van der Waals surface area contributed by atoms with Gasteiger partial charge in [-0.25, -0.2) is 0 Å². The summed E-state index contributed by atoms with van der Waals surface area (Å²) in [5.41, 5.74) is 1.85. The van der Waals surface area contributed by atoms with E-state index < -0.39 is 0 Å². The first kappa shape index (κ1) is 16.0. The van der Waals surface area contributed by atoms with Gasteiger partial charge in [0.2, 0.25) is 5.91 Å². The first-order valence-corrected chi connectivity index (χ1v) is 8.36. The average molecular weight is 369 g/mol. The summed E-state index contributed by atoms with van der Waals surface area (Å²) in [7, 11) is 1.91. The van der Waals surface area contributed by atoms with Crippen LogP contribution in [0.2, 0.25) is 0 Å². The minimum atomic E-state index is -0.0496. The van der Waals surface area contributed by atoms with Crippen LogP contribution in [0.15, 0.2) is 27.8 Å². The van der Waals surface area contributed by atoms with Crippen LogP contribution in [0.1, 0.15) is 18.3 Å². The van der Waals surface area contributed by atoms with Crippen LogP contribution in [0.25, 0.3) is 0 Å². The third-order valence-electron chi connectivity index (χ3n) is 3.04. The molecule has 7 heteroatoms. The molecule has 112 valence electrons. The van der Waals surface area contributed by atoms with E-state index in [2.05, 4.69) is 31.4 Å². The van der Waals surface area contributed by atoms with Crippen molar-refractivity contribution in [2.24, 2.45) is 7.05 Å². The van der Waals surface area contributed by atoms with Gasteiger partial charge in [-0.3, -0.25) is 4.79 Å². The van der Waals surface area contributed by atoms with E-state index in [0.29, 0.717) is 5.75 Å². The SMILES string of the molecule is CCc1nnc(SCC(=O)Nc2ccc(Br)cc2C)n1C. The molecule has 1 heterocycles. The third kappa shape index (κ3) is 4.07. The van der Waals surface area contributed by atoms with E-state index in [-0.39, 0.29) is 5.91 Å². The number of hydrogen-bond acceptors (Lipinski definition) is 4. The zero-order valence-electron chi connectivity index (χ0n) is 12.2. The fourth-order valence-electron chi connectivity index (χ4n) is 1.86. The number of halogens is 1. The number of hydrogen-bond donors (Lipinski definition) is 1. The summed E-state index contributed by atoms with van der Waals surface area (Å²) < 4.78 is 2.92. The number of anilines is 1. The van der Waals surface area contributed by atoms with E-state index in [9.17, 15) is 4.79 Å². The summed E-state index contributed by atoms with van der Waals surface area (Å²) in [4.78, 5) is 12.0. The topological polar surface area (TPSA) is 59.8 Å². The number of amides is 1. The van der Waals surface area contributed by atoms with Gasteiger partial charge >= 0.3 is 0 Å². The quantitative estimate of drug-likeness (QED) is 0.823. The van der Waals surface area contributed by atoms with Gasteiger partial charge in [-0.05, 0) is 30.7 Å². The molecule has 0 aliphatic heterocycles. The van der Waals surface area contributed by atoms with Gasteiger partial charge in [0.25, 0.3) is 0 Å². The Hall–Kier alpha value is -1.34. The lowest BCUT2D eigenvalue weighted by Gasteiger charge is -2.08. The zero-order valence-corrected chi connectivity index (χ0v) is 14.6. The van der Waals surface area contributed by atoms with Gasteiger partial charge in [0.15, 0.2) is 5.16 Å². The first-order chi connectivity index (χ1) is 10.0. The molecule has 1 N–H and O–H groups in total. The predicted molar refractivity (Wildman–Crippen MR) is 88.6 cm³/mol. The number of carbonyl (C=O) groups excluding carboxylic acids is 1. The second kappa shape index (κ2) is 7.09. The molecule has 0 saturated carbocycles. The number of nitrogens with zero attached hydrogens (tertiary/aromatic N) is 3. The molecular weight excluding hydrogens is 352 g/mol. The molecule has 1 aromatic heterocycles. The summed E-state index contributed by atoms with van der Waals surface area (Å²) in [6, 6.07) is 5.77. The Bertz CT molecular complexity index is 656. The molecule has 0 aliphatic rings. The minimum absolute atomic E-state index is 0.0496. The standard InChI is InChI=1S/C14H17BrN4OS/c1-4-12-17-18-14(19(12)3)21-8-13(20)16-11-6-5-10(15)7-9(11)2/h5-7H,4,8H2,1-3H3,(H,16,20). The van der Waals surface area contributed by atoms with E-state index >= 15 is 0 Å². The number of aromatic nitrogens is 3. The first-order valence-electron chi connectivity index (χ1n) is 6.58. The van der Waals surface area contributed by atoms with E-state index in [1.54, 1.807) is 0 Å². The predicted octanol–water partition coefficient (Wildman–Crippen LogP) is 3.18. The number of rotatable bonds is 5. The van der Waals surface area contributed by atoms with E-state index in [1.165, 1.54) is 11.8 Å². The lowest BCUT2D eigenvalue weighted by molar-refractivity contribution is -0.113. The zero-order chi connectivity index (χ0) is 15.4. The molecule has 0 atom stereocenters. The van der Waals surface area contributed by atoms with Crippen molar-refractivity contribution in [1.82, 2.24) is 14.8 Å². The molecule has 0 aliphatic carbocycles. The molecule has 2 rings (SSSR count). The fourth-order valence-corrected chi connectivity index (χ4v) is 3.07. The van der Waals surface area contributed by atoms with Crippen molar-refractivity contribution >= 4 is 39.3 Å². The van der Waals surface area contributed by atoms with Crippen molar-refractivity contribution in [3.63, 3.8) is 0 Å². The van der Waals surface area contributed by atoms with Gasteiger partial charge in [0.1, 0.15) is 5.82 Å². The molecule has 1 aromatic carbocycles. The summed E-state index contributed by atoms with van der Waals surface area (Å²) in [6.07, 6.45) is 0.828. The highest BCUT2D eigenvalue weighted by Gasteiger charge is 2.11. The van der Waals surface area contributed by atoms with E-state index in [1.807, 2.05) is 43.7 Å². The molecule has 1 amide bonds. The van der Waals surface area contributed by atoms with E-state index in [4.69, 9.17) is 0 Å². The highest BCUT2D eigenvalue weighted by molar-refractivity contribution is 9.10. The van der Waals surface area contributed by atoms with Crippen molar-refractivity contribution in [2.75, 3.05) is 11.1 Å². The van der Waals surface area contributed by atoms with Gasteiger partial charge in [-0.1, -0.05) is 34.6 Å². The molecule has 2 aromatic rings. The molecular formula is C14H17BrN4OS. The molecule has 21 heavy (non-hydrogen) atoms. The van der Waals surface area contributed by atoms with Crippen LogP contribution < -0.4 is 5.32 Å². The van der Waals surface area contributed by atoms with Crippen molar-refractivity contribution in [3.8, 4) is 0 Å². The molecule has 0 fully saturated rings. The molecule has 5 nitrogen and oxygen atoms in total. The van der Waals surface area contributed by atoms with Crippen molar-refractivity contribution < 1.29 is 4.79 Å². The van der Waals surface area contributed by atoms with Gasteiger partial charge in [-0.15, -0.1) is 10.2 Å². The van der Waals surface area contributed by atoms with Gasteiger partial charge in [-0.2, -0.15) is 0 Å². The van der Waals surface area contributed by atoms with Crippen LogP contribution in [-0.4, -0.2) is 26.4 Å². The van der Waals surface area contributed by atoms with Crippen LogP contribution in [0.4, 0.5) is 5.69 Å². The van der Waals surface area contributed by atoms with Crippen molar-refractivity contribution in [3.05, 3.63) is 34.1 Å². The Morgan fingerprint density at radius 3 is 2.81 bits per heavy atom. The highest BCUT2D eigenvalue weighted by Crippen LogP contribution is 2.21. The van der Waals surface area contributed by atoms with Crippen LogP contribution in [-0.2, 0) is 18.3 Å². The maximum absolute atomic E-state index is 12.0. The second-order valence-electron chi connectivity index (χ2n) is 4.61. The normalized spacial score (nSPS) is 10.7. The number of benzene rings is 1. The van der Waals surface area contributed by atoms with Crippen LogP contribution in [0.3, 0.4) is 0 Å². The smallest absolute Gasteiger partial charge is 0.234 e. The number of carbonyl (C=O) groups is 1. The maximum atomic E-state index is 12.0. The number of nitrogens with one attached hydrogen (secondary N) is 1. The maximum Gasteiger partial charge on any atom is 0.234 e. The monoisotopic (exact) mass is 368 g/mol. The van der Waals surface area contributed by atoms with Gasteiger partial charge in [0, 0.05) is 23.6 Å². The summed E-state index contributed by atoms with van der Waals surface area (Å²) in [5.74, 6) is 1.18. The Balaban J connectivity index is 1.94. The van der Waals surface area contributed by atoms with Crippen LogP contribution >= 0.6 is 27.7 Å². The molecule has 0 bridgehead atoms. The summed E-state index contributed by atoms with van der Waals surface area (Å²) >= 11 is 4.79. The van der Waals surface area contributed by atoms with Gasteiger partial charge in [0.05, 0.1) is 5.75 Å². The fraction of sp³-hybridized carbons (Fsp3) is 0.357. The van der Waals surface area contributed by atoms with Crippen molar-refractivity contribution in [1.29, 1.82) is 0 Å². The summed E-state index contributed by atoms with van der Waals surface area (Å²) in [6.45, 7) is 3.99. The largest absolute Gasteiger partial charge is 0.325 e. The lowest BCUT2D eigenvalue weighted by Crippen LogP contribution is -2.15. The molecule has 0 unspecified atom stereocenters. The van der Waals surface area contributed by atoms with Crippen molar-refractivity contribution in [2.45, 2.75) is 25.4 Å². The lowest BCUT2D eigenvalue weighted by atomic mass is 10.2. The Morgan fingerprint density at radius 1 is 1.43 bits per heavy atom. The molecule has 0 radical (unpaired) electrons. The van der Waals surface area contributed by atoms with E-state index in [0.717, 1.165) is 33.1 Å². The minimum Gasteiger partial charge on any atom is -0.325 e. The third-order valence-corrected chi connectivity index (χ3v) is 4.55. The summed E-state index contributed by atoms with van der Waals surface area (Å²) in [5, 5.41) is 11.8. The molecule has 0 saturated heterocycles. The highest BCUT2D eigenvalue weighted by atomic mass is 79.9. The Kier molecular flexibility index (Phi) is 5.41. The average Bonchev–Trinajstić information content (AvgIpc) is 2.80. The second-order valence-corrected chi connectivity index (χ2v) is 6.47. The number of aryl methyl sites for hydroxylation is 2. The van der Waals surface area contributed by atoms with Crippen LogP contribution in [0, 0.1) is 6.92 Å². The Morgan fingerprint density at radius 2 is 2.19 bits per heavy atom. The number of thioether (sulfide) groups is 1. The molecule has 0 spiro atoms. The Labute approximate surface area is 136 Å². The van der Waals surface area contributed by atoms with Crippen LogP contribution in [0.5, 0.6) is 0 Å².